The van der Waals surface area contributed by atoms with Crippen molar-refractivity contribution >= 4 is 5.97 Å². The van der Waals surface area contributed by atoms with Crippen LogP contribution in [0.4, 0.5) is 0 Å². The Balaban J connectivity index is 3.08. The molecule has 20 heavy (non-hydrogen) atoms. The van der Waals surface area contributed by atoms with Crippen LogP contribution in [0.2, 0.25) is 0 Å². The topological polar surface area (TPSA) is 76.0 Å². The Morgan fingerprint density at radius 3 is 2.50 bits per heavy atom. The van der Waals surface area contributed by atoms with Crippen molar-refractivity contribution in [1.82, 2.24) is 0 Å². The monoisotopic (exact) mass is 282 g/mol. The molecule has 112 valence electrons. The lowest BCUT2D eigenvalue weighted by Gasteiger charge is -2.24. The Labute approximate surface area is 119 Å². The fourth-order valence-corrected chi connectivity index (χ4v) is 2.09. The second-order valence-corrected chi connectivity index (χ2v) is 4.90. The molecule has 0 bridgehead atoms. The predicted octanol–water partition coefficient (Wildman–Crippen LogP) is 2.27. The van der Waals surface area contributed by atoms with Crippen LogP contribution in [0, 0.1) is 11.8 Å². The van der Waals surface area contributed by atoms with E-state index in [-0.39, 0.29) is 17.4 Å². The van der Waals surface area contributed by atoms with Crippen molar-refractivity contribution in [2.75, 3.05) is 13.7 Å². The minimum Gasteiger partial charge on any atom is -0.504 e. The fraction of sp³-hybridized carbons (Fsp3) is 0.533. The Kier molecular flexibility index (Phi) is 5.82. The van der Waals surface area contributed by atoms with Crippen LogP contribution in [-0.4, -0.2) is 29.9 Å². The smallest absolute Gasteiger partial charge is 0.311 e. The van der Waals surface area contributed by atoms with Gasteiger partial charge in [0, 0.05) is 0 Å². The van der Waals surface area contributed by atoms with Gasteiger partial charge in [-0.3, -0.25) is 4.79 Å². The maximum absolute atomic E-state index is 11.8. The van der Waals surface area contributed by atoms with Gasteiger partial charge in [0.1, 0.15) is 0 Å². The molecule has 0 saturated carbocycles. The molecule has 2 N–H and O–H groups in total. The van der Waals surface area contributed by atoms with Crippen LogP contribution >= 0.6 is 0 Å². The molecule has 1 aromatic carbocycles. The van der Waals surface area contributed by atoms with Crippen LogP contribution in [0.1, 0.15) is 32.4 Å². The Morgan fingerprint density at radius 1 is 1.35 bits per heavy atom. The van der Waals surface area contributed by atoms with Gasteiger partial charge < -0.3 is 19.7 Å². The first-order valence-electron chi connectivity index (χ1n) is 6.63. The van der Waals surface area contributed by atoms with Crippen molar-refractivity contribution in [2.45, 2.75) is 26.9 Å². The molecule has 0 fully saturated rings. The van der Waals surface area contributed by atoms with E-state index in [1.807, 2.05) is 13.8 Å². The second kappa shape index (κ2) is 7.14. The highest BCUT2D eigenvalue weighted by Crippen LogP contribution is 2.34. The molecule has 2 atom stereocenters. The first kappa shape index (κ1) is 16.3. The van der Waals surface area contributed by atoms with Crippen molar-refractivity contribution in [2.24, 2.45) is 11.8 Å². The van der Waals surface area contributed by atoms with E-state index in [4.69, 9.17) is 9.47 Å². The van der Waals surface area contributed by atoms with Gasteiger partial charge in [0.2, 0.25) is 0 Å². The molecule has 5 nitrogen and oxygen atoms in total. The molecule has 0 aliphatic carbocycles. The molecule has 2 unspecified atom stereocenters. The summed E-state index contributed by atoms with van der Waals surface area (Å²) < 4.78 is 10.0. The van der Waals surface area contributed by atoms with Crippen molar-refractivity contribution in [3.05, 3.63) is 23.8 Å². The second-order valence-electron chi connectivity index (χ2n) is 4.90. The number of aliphatic hydroxyl groups is 1. The third-order valence-electron chi connectivity index (χ3n) is 3.16. The zero-order chi connectivity index (χ0) is 15.3. The van der Waals surface area contributed by atoms with Gasteiger partial charge in [0.15, 0.2) is 11.5 Å². The summed E-state index contributed by atoms with van der Waals surface area (Å²) in [6.07, 6.45) is -1.01. The molecule has 0 aromatic heterocycles. The third-order valence-corrected chi connectivity index (χ3v) is 3.16. The highest BCUT2D eigenvalue weighted by atomic mass is 16.5. The molecule has 0 aliphatic heterocycles. The number of rotatable bonds is 6. The normalized spacial score (nSPS) is 13.9. The van der Waals surface area contributed by atoms with Crippen molar-refractivity contribution in [1.29, 1.82) is 0 Å². The molecule has 0 heterocycles. The van der Waals surface area contributed by atoms with Crippen LogP contribution in [-0.2, 0) is 9.53 Å². The molecule has 0 saturated heterocycles. The summed E-state index contributed by atoms with van der Waals surface area (Å²) in [7, 11) is 1.30. The average Bonchev–Trinajstić information content (AvgIpc) is 2.40. The number of ether oxygens (including phenoxy) is 2. The lowest BCUT2D eigenvalue weighted by molar-refractivity contribution is -0.152. The molecular weight excluding hydrogens is 260 g/mol. The number of hydrogen-bond donors (Lipinski definition) is 2. The predicted molar refractivity (Wildman–Crippen MR) is 74.6 cm³/mol. The van der Waals surface area contributed by atoms with Gasteiger partial charge in [-0.1, -0.05) is 19.9 Å². The molecule has 0 spiro atoms. The number of benzene rings is 1. The van der Waals surface area contributed by atoms with Crippen molar-refractivity contribution in [3.8, 4) is 11.5 Å². The molecular formula is C15H22O5. The van der Waals surface area contributed by atoms with Gasteiger partial charge in [-0.05, 0) is 30.5 Å². The standard InChI is InChI=1S/C15H22O5/c1-5-20-12-8-10(6-7-11(12)16)14(17)13(9(2)3)15(18)19-4/h6-9,13-14,16-17H,5H2,1-4H3. The number of carbonyl (C=O) groups excluding carboxylic acids is 1. The SMILES string of the molecule is CCOc1cc(C(O)C(C(=O)OC)C(C)C)ccc1O. The van der Waals surface area contributed by atoms with Gasteiger partial charge in [-0.2, -0.15) is 0 Å². The van der Waals surface area contributed by atoms with Gasteiger partial charge in [0.05, 0.1) is 25.7 Å². The van der Waals surface area contributed by atoms with Crippen LogP contribution < -0.4 is 4.74 Å². The van der Waals surface area contributed by atoms with E-state index in [1.54, 1.807) is 19.1 Å². The highest BCUT2D eigenvalue weighted by Gasteiger charge is 2.32. The zero-order valence-electron chi connectivity index (χ0n) is 12.3. The first-order chi connectivity index (χ1) is 9.42. The summed E-state index contributed by atoms with van der Waals surface area (Å²) in [5, 5.41) is 20.1. The fourth-order valence-electron chi connectivity index (χ4n) is 2.09. The summed E-state index contributed by atoms with van der Waals surface area (Å²) in [5.41, 5.74) is 0.510. The van der Waals surface area contributed by atoms with E-state index in [1.165, 1.54) is 13.2 Å². The van der Waals surface area contributed by atoms with Crippen molar-refractivity contribution in [3.63, 3.8) is 0 Å². The van der Waals surface area contributed by atoms with E-state index < -0.39 is 18.0 Å². The minimum atomic E-state index is -1.01. The van der Waals surface area contributed by atoms with E-state index in [0.29, 0.717) is 12.2 Å². The number of carbonyl (C=O) groups is 1. The number of aliphatic hydroxyl groups excluding tert-OH is 1. The third kappa shape index (κ3) is 3.63. The van der Waals surface area contributed by atoms with E-state index in [0.717, 1.165) is 0 Å². The van der Waals surface area contributed by atoms with Crippen LogP contribution in [0.3, 0.4) is 0 Å². The maximum atomic E-state index is 11.8. The quantitative estimate of drug-likeness (QED) is 0.783. The summed E-state index contributed by atoms with van der Waals surface area (Å²) in [6.45, 7) is 5.88. The largest absolute Gasteiger partial charge is 0.504 e. The summed E-state index contributed by atoms with van der Waals surface area (Å²) >= 11 is 0. The summed E-state index contributed by atoms with van der Waals surface area (Å²) in [6, 6.07) is 4.56. The molecule has 5 heteroatoms. The Bertz CT molecular complexity index is 456. The highest BCUT2D eigenvalue weighted by molar-refractivity contribution is 5.73. The van der Waals surface area contributed by atoms with E-state index in [9.17, 15) is 15.0 Å². The van der Waals surface area contributed by atoms with Gasteiger partial charge in [-0.15, -0.1) is 0 Å². The van der Waals surface area contributed by atoms with Crippen LogP contribution in [0.25, 0.3) is 0 Å². The van der Waals surface area contributed by atoms with E-state index in [2.05, 4.69) is 0 Å². The maximum Gasteiger partial charge on any atom is 0.311 e. The summed E-state index contributed by atoms with van der Waals surface area (Å²) in [5.74, 6) is -0.919. The van der Waals surface area contributed by atoms with Gasteiger partial charge in [0.25, 0.3) is 0 Å². The molecule has 1 rings (SSSR count). The van der Waals surface area contributed by atoms with E-state index >= 15 is 0 Å². The molecule has 0 radical (unpaired) electrons. The summed E-state index contributed by atoms with van der Waals surface area (Å²) in [4.78, 5) is 11.8. The number of methoxy groups -OCH3 is 1. The van der Waals surface area contributed by atoms with Gasteiger partial charge >= 0.3 is 5.97 Å². The number of aromatic hydroxyl groups is 1. The first-order valence-corrected chi connectivity index (χ1v) is 6.63. The van der Waals surface area contributed by atoms with Gasteiger partial charge in [-0.25, -0.2) is 0 Å². The minimum absolute atomic E-state index is 0.00182. The molecule has 1 aromatic rings. The van der Waals surface area contributed by atoms with Crippen LogP contribution in [0.15, 0.2) is 18.2 Å². The Morgan fingerprint density at radius 2 is 2.00 bits per heavy atom. The molecule has 0 aliphatic rings. The lowest BCUT2D eigenvalue weighted by Crippen LogP contribution is -2.28. The lowest BCUT2D eigenvalue weighted by atomic mass is 9.86. The number of phenols is 1. The number of phenolic OH excluding ortho intramolecular Hbond substituents is 1. The van der Waals surface area contributed by atoms with Crippen molar-refractivity contribution < 1.29 is 24.5 Å². The van der Waals surface area contributed by atoms with Crippen LogP contribution in [0.5, 0.6) is 11.5 Å². The Hall–Kier alpha value is -1.75. The average molecular weight is 282 g/mol. The molecule has 0 amide bonds. The number of hydrogen-bond acceptors (Lipinski definition) is 5. The zero-order valence-corrected chi connectivity index (χ0v) is 12.3. The number of esters is 1.